The molecule has 2 N–H and O–H groups in total. The first-order valence-electron chi connectivity index (χ1n) is 6.18. The maximum Gasteiger partial charge on any atom is 0.224 e. The third-order valence-electron chi connectivity index (χ3n) is 2.98. The Hall–Kier alpha value is -2.68. The van der Waals surface area contributed by atoms with Crippen LogP contribution in [0.5, 0.6) is 11.6 Å². The first-order chi connectivity index (χ1) is 9.67. The third-order valence-corrected chi connectivity index (χ3v) is 2.98. The van der Waals surface area contributed by atoms with E-state index in [4.69, 9.17) is 15.7 Å². The fourth-order valence-corrected chi connectivity index (χ4v) is 1.85. The summed E-state index contributed by atoms with van der Waals surface area (Å²) in [6.45, 7) is 0. The van der Waals surface area contributed by atoms with Crippen LogP contribution in [0.4, 0.5) is 10.2 Å². The lowest BCUT2D eigenvalue weighted by Gasteiger charge is -2.08. The van der Waals surface area contributed by atoms with Gasteiger partial charge in [0.15, 0.2) is 0 Å². The van der Waals surface area contributed by atoms with Crippen LogP contribution in [0.25, 0.3) is 0 Å². The van der Waals surface area contributed by atoms with Crippen molar-refractivity contribution >= 4 is 5.82 Å². The number of aromatic nitrogens is 2. The second kappa shape index (κ2) is 4.78. The van der Waals surface area contributed by atoms with E-state index in [9.17, 15) is 4.39 Å². The molecule has 6 heteroatoms. The summed E-state index contributed by atoms with van der Waals surface area (Å²) in [5.41, 5.74) is 5.55. The molecule has 3 rings (SSSR count). The Morgan fingerprint density at radius 2 is 2.15 bits per heavy atom. The van der Waals surface area contributed by atoms with Crippen molar-refractivity contribution in [3.8, 4) is 17.7 Å². The highest BCUT2D eigenvalue weighted by molar-refractivity contribution is 5.46. The van der Waals surface area contributed by atoms with Crippen LogP contribution in [-0.4, -0.2) is 9.97 Å². The van der Waals surface area contributed by atoms with Crippen LogP contribution in [0.3, 0.4) is 0 Å². The van der Waals surface area contributed by atoms with Crippen LogP contribution in [-0.2, 0) is 0 Å². The van der Waals surface area contributed by atoms with Gasteiger partial charge in [0.05, 0.1) is 0 Å². The zero-order chi connectivity index (χ0) is 14.1. The van der Waals surface area contributed by atoms with E-state index in [1.165, 1.54) is 24.3 Å². The summed E-state index contributed by atoms with van der Waals surface area (Å²) in [4.78, 5) is 8.40. The molecular weight excluding hydrogens is 259 g/mol. The summed E-state index contributed by atoms with van der Waals surface area (Å²) in [6, 6.07) is 7.41. The van der Waals surface area contributed by atoms with Gasteiger partial charge in [-0.15, -0.1) is 0 Å². The summed E-state index contributed by atoms with van der Waals surface area (Å²) in [7, 11) is 0. The smallest absolute Gasteiger partial charge is 0.224 e. The Kier molecular flexibility index (Phi) is 2.95. The molecule has 100 valence electrons. The average Bonchev–Trinajstić information content (AvgIpc) is 3.22. The predicted octanol–water partition coefficient (Wildman–Crippen LogP) is 2.74. The number of nitriles is 1. The number of ether oxygens (including phenoxy) is 1. The molecule has 1 aliphatic rings. The minimum Gasteiger partial charge on any atom is -0.437 e. The molecule has 0 bridgehead atoms. The fourth-order valence-electron chi connectivity index (χ4n) is 1.85. The second-order valence-corrected chi connectivity index (χ2v) is 4.59. The Labute approximate surface area is 114 Å². The highest BCUT2D eigenvalue weighted by Crippen LogP contribution is 2.39. The van der Waals surface area contributed by atoms with Crippen LogP contribution in [0.1, 0.15) is 30.1 Å². The Morgan fingerprint density at radius 1 is 1.35 bits per heavy atom. The normalized spacial score (nSPS) is 13.8. The van der Waals surface area contributed by atoms with E-state index in [1.807, 2.05) is 0 Å². The monoisotopic (exact) mass is 270 g/mol. The van der Waals surface area contributed by atoms with Crippen molar-refractivity contribution < 1.29 is 9.13 Å². The molecule has 1 heterocycles. The molecule has 0 spiro atoms. The first-order valence-corrected chi connectivity index (χ1v) is 6.18. The minimum absolute atomic E-state index is 0.118. The molecule has 0 unspecified atom stereocenters. The standard InChI is InChI=1S/C14H11FN4O/c15-10-2-1-3-11(9(10)7-16)20-13-6-12(17)18-14(19-13)8-4-5-8/h1-3,6,8H,4-5H2,(H2,17,18,19). The highest BCUT2D eigenvalue weighted by atomic mass is 19.1. The number of nitrogens with two attached hydrogens (primary N) is 1. The van der Waals surface area contributed by atoms with E-state index in [0.717, 1.165) is 12.8 Å². The number of nitrogens with zero attached hydrogens (tertiary/aromatic N) is 3. The van der Waals surface area contributed by atoms with Crippen LogP contribution < -0.4 is 10.5 Å². The van der Waals surface area contributed by atoms with Crippen molar-refractivity contribution in [3.05, 3.63) is 41.5 Å². The molecule has 0 amide bonds. The molecule has 1 aliphatic carbocycles. The lowest BCUT2D eigenvalue weighted by molar-refractivity contribution is 0.452. The SMILES string of the molecule is N#Cc1c(F)cccc1Oc1cc(N)nc(C2CC2)n1. The third kappa shape index (κ3) is 2.38. The number of rotatable bonds is 3. The van der Waals surface area contributed by atoms with Gasteiger partial charge in [0.25, 0.3) is 0 Å². The van der Waals surface area contributed by atoms with Crippen molar-refractivity contribution in [1.29, 1.82) is 5.26 Å². The number of hydrogen-bond acceptors (Lipinski definition) is 5. The van der Waals surface area contributed by atoms with Crippen molar-refractivity contribution in [2.45, 2.75) is 18.8 Å². The summed E-state index contributed by atoms with van der Waals surface area (Å²) < 4.78 is 19.0. The van der Waals surface area contributed by atoms with Gasteiger partial charge in [0, 0.05) is 12.0 Å². The van der Waals surface area contributed by atoms with Crippen molar-refractivity contribution in [3.63, 3.8) is 0 Å². The van der Waals surface area contributed by atoms with Gasteiger partial charge in [-0.05, 0) is 25.0 Å². The molecular formula is C14H11FN4O. The lowest BCUT2D eigenvalue weighted by atomic mass is 10.2. The molecule has 0 saturated heterocycles. The molecule has 1 aromatic carbocycles. The van der Waals surface area contributed by atoms with Gasteiger partial charge < -0.3 is 10.5 Å². The Balaban J connectivity index is 1.95. The fraction of sp³-hybridized carbons (Fsp3) is 0.214. The van der Waals surface area contributed by atoms with Gasteiger partial charge >= 0.3 is 0 Å². The second-order valence-electron chi connectivity index (χ2n) is 4.59. The van der Waals surface area contributed by atoms with Gasteiger partial charge in [-0.25, -0.2) is 9.37 Å². The number of nitrogen functional groups attached to an aromatic ring is 1. The average molecular weight is 270 g/mol. The summed E-state index contributed by atoms with van der Waals surface area (Å²) in [5.74, 6) is 0.966. The largest absolute Gasteiger partial charge is 0.437 e. The minimum atomic E-state index is -0.630. The quantitative estimate of drug-likeness (QED) is 0.926. The number of anilines is 1. The van der Waals surface area contributed by atoms with E-state index < -0.39 is 5.82 Å². The van der Waals surface area contributed by atoms with Crippen molar-refractivity contribution in [2.24, 2.45) is 0 Å². The van der Waals surface area contributed by atoms with E-state index in [2.05, 4.69) is 9.97 Å². The first kappa shape index (κ1) is 12.4. The van der Waals surface area contributed by atoms with Crippen LogP contribution in [0, 0.1) is 17.1 Å². The van der Waals surface area contributed by atoms with Gasteiger partial charge in [-0.1, -0.05) is 6.07 Å². The molecule has 20 heavy (non-hydrogen) atoms. The molecule has 0 aliphatic heterocycles. The topological polar surface area (TPSA) is 84.8 Å². The number of hydrogen-bond donors (Lipinski definition) is 1. The lowest BCUT2D eigenvalue weighted by Crippen LogP contribution is -2.01. The van der Waals surface area contributed by atoms with Crippen LogP contribution in [0.15, 0.2) is 24.3 Å². The zero-order valence-electron chi connectivity index (χ0n) is 10.5. The molecule has 1 saturated carbocycles. The molecule has 0 atom stereocenters. The molecule has 2 aromatic rings. The van der Waals surface area contributed by atoms with E-state index >= 15 is 0 Å². The summed E-state index contributed by atoms with van der Waals surface area (Å²) in [5, 5.41) is 8.96. The maximum atomic E-state index is 13.5. The molecule has 5 nitrogen and oxygen atoms in total. The van der Waals surface area contributed by atoms with Gasteiger partial charge in [0.2, 0.25) is 5.88 Å². The zero-order valence-corrected chi connectivity index (χ0v) is 10.5. The number of benzene rings is 1. The molecule has 0 radical (unpaired) electrons. The molecule has 1 aromatic heterocycles. The van der Waals surface area contributed by atoms with Crippen LogP contribution in [0.2, 0.25) is 0 Å². The highest BCUT2D eigenvalue weighted by Gasteiger charge is 2.27. The van der Waals surface area contributed by atoms with E-state index in [0.29, 0.717) is 17.6 Å². The van der Waals surface area contributed by atoms with Gasteiger partial charge in [-0.3, -0.25) is 0 Å². The number of halogens is 1. The summed E-state index contributed by atoms with van der Waals surface area (Å²) in [6.07, 6.45) is 2.07. The Morgan fingerprint density at radius 3 is 2.85 bits per heavy atom. The maximum absolute atomic E-state index is 13.5. The van der Waals surface area contributed by atoms with Crippen molar-refractivity contribution in [2.75, 3.05) is 5.73 Å². The molecule has 1 fully saturated rings. The summed E-state index contributed by atoms with van der Waals surface area (Å²) >= 11 is 0. The van der Waals surface area contributed by atoms with Crippen molar-refractivity contribution in [1.82, 2.24) is 9.97 Å². The van der Waals surface area contributed by atoms with Crippen LogP contribution >= 0.6 is 0 Å². The van der Waals surface area contributed by atoms with E-state index in [1.54, 1.807) is 6.07 Å². The Bertz CT molecular complexity index is 707. The van der Waals surface area contributed by atoms with Gasteiger partial charge in [0.1, 0.15) is 34.8 Å². The predicted molar refractivity (Wildman–Crippen MR) is 69.6 cm³/mol. The van der Waals surface area contributed by atoms with Gasteiger partial charge in [-0.2, -0.15) is 10.2 Å². The van der Waals surface area contributed by atoms with E-state index in [-0.39, 0.29) is 17.2 Å².